The molecule has 0 aromatic carbocycles. The van der Waals surface area contributed by atoms with Gasteiger partial charge < -0.3 is 9.47 Å². The standard InChI is InChI=1S/C15H23ClO4/c1-5-6-7-19-8-9-20-13(17)10-12(11-16)14(18)15(2,3)4/h1,12H,6-11H2,2-4H3. The normalized spacial score (nSPS) is 12.6. The van der Waals surface area contributed by atoms with Crippen molar-refractivity contribution < 1.29 is 19.1 Å². The molecule has 0 N–H and O–H groups in total. The summed E-state index contributed by atoms with van der Waals surface area (Å²) in [6.45, 7) is 6.31. The van der Waals surface area contributed by atoms with Crippen molar-refractivity contribution in [3.63, 3.8) is 0 Å². The molecule has 0 bridgehead atoms. The molecule has 1 atom stereocenters. The Bertz CT molecular complexity index is 352. The fraction of sp³-hybridized carbons (Fsp3) is 0.733. The Kier molecular flexibility index (Phi) is 9.28. The van der Waals surface area contributed by atoms with Crippen LogP contribution < -0.4 is 0 Å². The molecule has 0 heterocycles. The van der Waals surface area contributed by atoms with Crippen molar-refractivity contribution >= 4 is 23.4 Å². The van der Waals surface area contributed by atoms with Crippen LogP contribution >= 0.6 is 11.6 Å². The molecular formula is C15H23ClO4. The molecule has 0 aromatic heterocycles. The quantitative estimate of drug-likeness (QED) is 0.284. The van der Waals surface area contributed by atoms with E-state index in [0.717, 1.165) is 0 Å². The van der Waals surface area contributed by atoms with Crippen LogP contribution in [0.5, 0.6) is 0 Å². The van der Waals surface area contributed by atoms with Crippen LogP contribution in [0.1, 0.15) is 33.6 Å². The lowest BCUT2D eigenvalue weighted by Crippen LogP contribution is -2.31. The van der Waals surface area contributed by atoms with Crippen molar-refractivity contribution in [3.8, 4) is 12.3 Å². The molecule has 0 fully saturated rings. The molecule has 20 heavy (non-hydrogen) atoms. The fourth-order valence-electron chi connectivity index (χ4n) is 1.54. The molecule has 0 spiro atoms. The number of halogens is 1. The maximum Gasteiger partial charge on any atom is 0.306 e. The highest BCUT2D eigenvalue weighted by Crippen LogP contribution is 2.23. The molecule has 0 aliphatic carbocycles. The number of terminal acetylenes is 1. The number of ether oxygens (including phenoxy) is 2. The third kappa shape index (κ3) is 8.19. The van der Waals surface area contributed by atoms with E-state index >= 15 is 0 Å². The van der Waals surface area contributed by atoms with Gasteiger partial charge in [-0.2, -0.15) is 0 Å². The van der Waals surface area contributed by atoms with Gasteiger partial charge in [-0.05, 0) is 0 Å². The number of Topliss-reactive ketones (excluding diaryl/α,β-unsaturated/α-hetero) is 1. The van der Waals surface area contributed by atoms with E-state index in [2.05, 4.69) is 5.92 Å². The maximum atomic E-state index is 12.0. The molecule has 0 amide bonds. The van der Waals surface area contributed by atoms with Gasteiger partial charge in [0.05, 0.1) is 19.6 Å². The van der Waals surface area contributed by atoms with Crippen molar-refractivity contribution in [1.29, 1.82) is 0 Å². The van der Waals surface area contributed by atoms with Crippen LogP contribution in [0.3, 0.4) is 0 Å². The summed E-state index contributed by atoms with van der Waals surface area (Å²) in [6.07, 6.45) is 5.60. The Hall–Kier alpha value is -1.05. The Labute approximate surface area is 126 Å². The summed E-state index contributed by atoms with van der Waals surface area (Å²) >= 11 is 5.76. The minimum Gasteiger partial charge on any atom is -0.463 e. The number of rotatable bonds is 9. The van der Waals surface area contributed by atoms with Crippen LogP contribution in [-0.2, 0) is 19.1 Å². The van der Waals surface area contributed by atoms with Gasteiger partial charge >= 0.3 is 5.97 Å². The van der Waals surface area contributed by atoms with E-state index < -0.39 is 17.3 Å². The second kappa shape index (κ2) is 9.79. The monoisotopic (exact) mass is 302 g/mol. The molecule has 0 radical (unpaired) electrons. The van der Waals surface area contributed by atoms with Crippen molar-refractivity contribution in [3.05, 3.63) is 0 Å². The summed E-state index contributed by atoms with van der Waals surface area (Å²) in [7, 11) is 0. The predicted molar refractivity (Wildman–Crippen MR) is 78.5 cm³/mol. The van der Waals surface area contributed by atoms with Crippen molar-refractivity contribution in [2.45, 2.75) is 33.6 Å². The maximum absolute atomic E-state index is 12.0. The molecule has 0 aliphatic rings. The van der Waals surface area contributed by atoms with Crippen LogP contribution in [0.15, 0.2) is 0 Å². The van der Waals surface area contributed by atoms with Crippen LogP contribution in [-0.4, -0.2) is 37.5 Å². The molecule has 5 heteroatoms. The van der Waals surface area contributed by atoms with Gasteiger partial charge in [0.15, 0.2) is 0 Å². The number of carbonyl (C=O) groups excluding carboxylic acids is 2. The highest BCUT2D eigenvalue weighted by atomic mass is 35.5. The highest BCUT2D eigenvalue weighted by molar-refractivity contribution is 6.19. The third-order valence-electron chi connectivity index (χ3n) is 2.59. The topological polar surface area (TPSA) is 52.6 Å². The molecule has 4 nitrogen and oxygen atoms in total. The number of hydrogen-bond acceptors (Lipinski definition) is 4. The smallest absolute Gasteiger partial charge is 0.306 e. The molecular weight excluding hydrogens is 280 g/mol. The molecule has 0 saturated carbocycles. The Balaban J connectivity index is 4.00. The van der Waals surface area contributed by atoms with Gasteiger partial charge in [0.2, 0.25) is 0 Å². The largest absolute Gasteiger partial charge is 0.463 e. The lowest BCUT2D eigenvalue weighted by molar-refractivity contribution is -0.148. The molecule has 0 rings (SSSR count). The summed E-state index contributed by atoms with van der Waals surface area (Å²) in [4.78, 5) is 23.7. The van der Waals surface area contributed by atoms with E-state index in [1.54, 1.807) is 20.8 Å². The number of esters is 1. The zero-order valence-corrected chi connectivity index (χ0v) is 13.2. The van der Waals surface area contributed by atoms with Crippen LogP contribution in [0, 0.1) is 23.7 Å². The van der Waals surface area contributed by atoms with E-state index in [4.69, 9.17) is 27.5 Å². The molecule has 0 aliphatic heterocycles. The minimum atomic E-state index is -0.516. The number of alkyl halides is 1. The Morgan fingerprint density at radius 3 is 2.40 bits per heavy atom. The van der Waals surface area contributed by atoms with E-state index in [1.165, 1.54) is 0 Å². The van der Waals surface area contributed by atoms with Gasteiger partial charge in [-0.3, -0.25) is 9.59 Å². The first-order valence-corrected chi connectivity index (χ1v) is 7.13. The van der Waals surface area contributed by atoms with Crippen LogP contribution in [0.4, 0.5) is 0 Å². The number of hydrogen-bond donors (Lipinski definition) is 0. The van der Waals surface area contributed by atoms with Crippen molar-refractivity contribution in [2.75, 3.05) is 25.7 Å². The highest BCUT2D eigenvalue weighted by Gasteiger charge is 2.30. The molecule has 1 unspecified atom stereocenters. The van der Waals surface area contributed by atoms with Crippen molar-refractivity contribution in [1.82, 2.24) is 0 Å². The summed E-state index contributed by atoms with van der Waals surface area (Å²) in [5, 5.41) is 0. The first-order chi connectivity index (χ1) is 9.32. The van der Waals surface area contributed by atoms with Gasteiger partial charge in [-0.15, -0.1) is 23.9 Å². The zero-order chi connectivity index (χ0) is 15.6. The van der Waals surface area contributed by atoms with Gasteiger partial charge in [-0.1, -0.05) is 20.8 Å². The molecule has 0 aromatic rings. The number of ketones is 1. The first kappa shape index (κ1) is 18.9. The molecule has 114 valence electrons. The average molecular weight is 303 g/mol. The van der Waals surface area contributed by atoms with E-state index in [-0.39, 0.29) is 24.7 Å². The lowest BCUT2D eigenvalue weighted by Gasteiger charge is -2.22. The van der Waals surface area contributed by atoms with E-state index in [1.807, 2.05) is 0 Å². The van der Waals surface area contributed by atoms with Gasteiger partial charge in [0.25, 0.3) is 0 Å². The summed E-state index contributed by atoms with van der Waals surface area (Å²) in [6, 6.07) is 0. The number of carbonyl (C=O) groups is 2. The average Bonchev–Trinajstić information content (AvgIpc) is 2.38. The van der Waals surface area contributed by atoms with E-state index in [0.29, 0.717) is 19.6 Å². The molecule has 0 saturated heterocycles. The second-order valence-electron chi connectivity index (χ2n) is 5.46. The summed E-state index contributed by atoms with van der Waals surface area (Å²) in [5.74, 6) is 1.58. The first-order valence-electron chi connectivity index (χ1n) is 6.60. The van der Waals surface area contributed by atoms with Gasteiger partial charge in [-0.25, -0.2) is 0 Å². The Morgan fingerprint density at radius 1 is 1.25 bits per heavy atom. The zero-order valence-electron chi connectivity index (χ0n) is 12.4. The van der Waals surface area contributed by atoms with E-state index in [9.17, 15) is 9.59 Å². The third-order valence-corrected chi connectivity index (χ3v) is 2.96. The van der Waals surface area contributed by atoms with Crippen molar-refractivity contribution in [2.24, 2.45) is 11.3 Å². The summed E-state index contributed by atoms with van der Waals surface area (Å²) < 4.78 is 10.1. The van der Waals surface area contributed by atoms with Crippen LogP contribution in [0.25, 0.3) is 0 Å². The lowest BCUT2D eigenvalue weighted by atomic mass is 9.82. The predicted octanol–water partition coefficient (Wildman–Crippen LogP) is 2.43. The fourth-order valence-corrected chi connectivity index (χ4v) is 1.79. The SMILES string of the molecule is C#CCCOCCOC(=O)CC(CCl)C(=O)C(C)(C)C. The minimum absolute atomic E-state index is 0.00393. The Morgan fingerprint density at radius 2 is 1.90 bits per heavy atom. The second-order valence-corrected chi connectivity index (χ2v) is 5.77. The van der Waals surface area contributed by atoms with Gasteiger partial charge in [0.1, 0.15) is 12.4 Å². The van der Waals surface area contributed by atoms with Crippen LogP contribution in [0.2, 0.25) is 0 Å². The van der Waals surface area contributed by atoms with Gasteiger partial charge in [0, 0.05) is 23.6 Å². The summed E-state index contributed by atoms with van der Waals surface area (Å²) in [5.41, 5.74) is -0.516.